The number of rotatable bonds is 8. The number of esters is 1. The van der Waals surface area contributed by atoms with Crippen molar-refractivity contribution in [1.29, 1.82) is 0 Å². The quantitative estimate of drug-likeness (QED) is 0.210. The Hall–Kier alpha value is -4.67. The Morgan fingerprint density at radius 3 is 2.65 bits per heavy atom. The van der Waals surface area contributed by atoms with E-state index in [9.17, 15) is 14.4 Å². The van der Waals surface area contributed by atoms with Gasteiger partial charge in [0.15, 0.2) is 0 Å². The topological polar surface area (TPSA) is 145 Å². The van der Waals surface area contributed by atoms with Crippen LogP contribution in [0.5, 0.6) is 5.75 Å². The molecule has 0 aliphatic carbocycles. The molecule has 3 aromatic heterocycles. The summed E-state index contributed by atoms with van der Waals surface area (Å²) in [6, 6.07) is 6.95. The molecule has 1 aliphatic rings. The van der Waals surface area contributed by atoms with Gasteiger partial charge in [-0.15, -0.1) is 0 Å². The third-order valence-electron chi connectivity index (χ3n) is 5.80. The lowest BCUT2D eigenvalue weighted by atomic mass is 10.1. The molecule has 11 nitrogen and oxygen atoms in total. The van der Waals surface area contributed by atoms with Gasteiger partial charge in [0.2, 0.25) is 0 Å². The number of amides is 2. The minimum Gasteiger partial charge on any atom is -0.491 e. The van der Waals surface area contributed by atoms with Gasteiger partial charge in [-0.25, -0.2) is 14.6 Å². The molecule has 0 atom stereocenters. The van der Waals surface area contributed by atoms with Gasteiger partial charge in [-0.2, -0.15) is 0 Å². The Morgan fingerprint density at radius 2 is 1.93 bits per heavy atom. The van der Waals surface area contributed by atoms with E-state index in [1.165, 1.54) is 0 Å². The van der Waals surface area contributed by atoms with Crippen LogP contribution in [0.2, 0.25) is 0 Å². The molecule has 1 aliphatic heterocycles. The van der Waals surface area contributed by atoms with Crippen LogP contribution in [0.4, 0.5) is 10.5 Å². The van der Waals surface area contributed by atoms with Gasteiger partial charge in [0.05, 0.1) is 52.6 Å². The average molecular weight is 548 g/mol. The number of alkyl carbamates (subject to hydrolysis) is 1. The first-order valence-corrected chi connectivity index (χ1v) is 12.9. The van der Waals surface area contributed by atoms with E-state index in [2.05, 4.69) is 20.6 Å². The predicted octanol–water partition coefficient (Wildman–Crippen LogP) is 4.66. The normalized spacial score (nSPS) is 13.6. The third-order valence-corrected chi connectivity index (χ3v) is 5.80. The fraction of sp³-hybridized carbons (Fsp3) is 0.345. The van der Waals surface area contributed by atoms with Crippen molar-refractivity contribution in [3.05, 3.63) is 58.8 Å². The lowest BCUT2D eigenvalue weighted by Crippen LogP contribution is -2.34. The molecule has 40 heavy (non-hydrogen) atoms. The van der Waals surface area contributed by atoms with E-state index in [1.807, 2.05) is 13.8 Å². The number of ether oxygens (including phenoxy) is 3. The molecule has 0 radical (unpaired) electrons. The number of anilines is 1. The molecule has 2 amide bonds. The van der Waals surface area contributed by atoms with Gasteiger partial charge in [0, 0.05) is 11.9 Å². The number of pyridine rings is 2. The zero-order valence-corrected chi connectivity index (χ0v) is 23.4. The van der Waals surface area contributed by atoms with Crippen molar-refractivity contribution in [2.45, 2.75) is 47.1 Å². The van der Waals surface area contributed by atoms with Gasteiger partial charge in [-0.05, 0) is 71.9 Å². The van der Waals surface area contributed by atoms with Gasteiger partial charge >= 0.3 is 12.1 Å². The molecule has 210 valence electrons. The monoisotopic (exact) mass is 547 g/mol. The first-order chi connectivity index (χ1) is 19.0. The highest BCUT2D eigenvalue weighted by molar-refractivity contribution is 6.34. The molecule has 0 spiro atoms. The average Bonchev–Trinajstić information content (AvgIpc) is 3.39. The maximum atomic E-state index is 12.9. The summed E-state index contributed by atoms with van der Waals surface area (Å²) in [6.07, 6.45) is 2.71. The molecule has 11 heteroatoms. The van der Waals surface area contributed by atoms with Crippen LogP contribution in [-0.2, 0) is 14.3 Å². The molecule has 4 rings (SSSR count). The summed E-state index contributed by atoms with van der Waals surface area (Å²) < 4.78 is 16.4. The number of carbonyl (C=O) groups is 3. The summed E-state index contributed by atoms with van der Waals surface area (Å²) in [4.78, 5) is 49.6. The summed E-state index contributed by atoms with van der Waals surface area (Å²) >= 11 is 0. The highest BCUT2D eigenvalue weighted by Crippen LogP contribution is 2.37. The number of aromatic amines is 1. The van der Waals surface area contributed by atoms with Crippen molar-refractivity contribution >= 4 is 35.3 Å². The molecule has 3 N–H and O–H groups in total. The van der Waals surface area contributed by atoms with E-state index >= 15 is 0 Å². The number of hydrogen-bond donors (Lipinski definition) is 3. The van der Waals surface area contributed by atoms with Crippen LogP contribution in [0.15, 0.2) is 30.5 Å². The third kappa shape index (κ3) is 6.48. The first kappa shape index (κ1) is 28.3. The molecule has 0 aromatic carbocycles. The van der Waals surface area contributed by atoms with Gasteiger partial charge in [-0.1, -0.05) is 0 Å². The summed E-state index contributed by atoms with van der Waals surface area (Å²) in [6.45, 7) is 11.4. The standard InChI is InChI=1S/C29H33N5O6/c1-7-38-27(36)18-14-16(2)32-22(18)15-19-25-21(34-26(19)35)9-8-20(33-25)24-17(3)30-11-10-23(24)39-13-12-31-28(37)40-29(4,5)6/h8-11,14-15,32H,7,12-13H2,1-6H3,(H,31,37)(H,34,35)/b19-15-. The van der Waals surface area contributed by atoms with Crippen molar-refractivity contribution in [2.24, 2.45) is 0 Å². The van der Waals surface area contributed by atoms with Crippen LogP contribution in [0.3, 0.4) is 0 Å². The summed E-state index contributed by atoms with van der Waals surface area (Å²) in [5, 5.41) is 5.49. The van der Waals surface area contributed by atoms with E-state index in [-0.39, 0.29) is 25.7 Å². The fourth-order valence-corrected chi connectivity index (χ4v) is 4.18. The fourth-order valence-electron chi connectivity index (χ4n) is 4.18. The van der Waals surface area contributed by atoms with Crippen LogP contribution >= 0.6 is 0 Å². The van der Waals surface area contributed by atoms with E-state index < -0.39 is 17.7 Å². The minimum atomic E-state index is -0.594. The molecule has 0 bridgehead atoms. The number of carbonyl (C=O) groups excluding carboxylic acids is 3. The van der Waals surface area contributed by atoms with Crippen LogP contribution < -0.4 is 15.4 Å². The second-order valence-corrected chi connectivity index (χ2v) is 10.2. The number of aryl methyl sites for hydroxylation is 2. The molecule has 3 aromatic rings. The van der Waals surface area contributed by atoms with Crippen LogP contribution in [0.1, 0.15) is 60.8 Å². The maximum absolute atomic E-state index is 12.9. The SMILES string of the molecule is CCOC(=O)c1cc(C)[nH]c1/C=C1\C(=O)Nc2ccc(-c3c(OCCNC(=O)OC(C)(C)C)ccnc3C)nc21. The number of nitrogens with zero attached hydrogens (tertiary/aromatic N) is 2. The molecule has 0 saturated carbocycles. The van der Waals surface area contributed by atoms with E-state index in [1.54, 1.807) is 64.2 Å². The second-order valence-electron chi connectivity index (χ2n) is 10.2. The Morgan fingerprint density at radius 1 is 1.15 bits per heavy atom. The van der Waals surface area contributed by atoms with Gasteiger partial charge in [-0.3, -0.25) is 9.78 Å². The van der Waals surface area contributed by atoms with Crippen LogP contribution in [0, 0.1) is 13.8 Å². The minimum absolute atomic E-state index is 0.189. The van der Waals surface area contributed by atoms with Crippen molar-refractivity contribution < 1.29 is 28.6 Å². The van der Waals surface area contributed by atoms with Crippen molar-refractivity contribution in [2.75, 3.05) is 25.1 Å². The summed E-state index contributed by atoms with van der Waals surface area (Å²) in [5.74, 6) is -0.291. The lowest BCUT2D eigenvalue weighted by molar-refractivity contribution is -0.110. The van der Waals surface area contributed by atoms with E-state index in [0.29, 0.717) is 50.9 Å². The molecule has 0 fully saturated rings. The van der Waals surface area contributed by atoms with Gasteiger partial charge in [0.1, 0.15) is 23.7 Å². The zero-order valence-electron chi connectivity index (χ0n) is 23.4. The van der Waals surface area contributed by atoms with E-state index in [0.717, 1.165) is 5.69 Å². The largest absolute Gasteiger partial charge is 0.491 e. The van der Waals surface area contributed by atoms with E-state index in [4.69, 9.17) is 19.2 Å². The molecular formula is C29H33N5O6. The second kappa shape index (κ2) is 11.6. The van der Waals surface area contributed by atoms with Gasteiger partial charge < -0.3 is 29.8 Å². The Labute approximate surface area is 232 Å². The predicted molar refractivity (Wildman–Crippen MR) is 150 cm³/mol. The maximum Gasteiger partial charge on any atom is 0.407 e. The molecule has 0 unspecified atom stereocenters. The van der Waals surface area contributed by atoms with Gasteiger partial charge in [0.25, 0.3) is 5.91 Å². The Bertz CT molecular complexity index is 1480. The number of fused-ring (bicyclic) bond motifs is 1. The number of nitrogens with one attached hydrogen (secondary N) is 3. The number of hydrogen-bond acceptors (Lipinski definition) is 8. The van der Waals surface area contributed by atoms with Crippen molar-refractivity contribution in [3.8, 4) is 17.0 Å². The molecule has 4 heterocycles. The number of aromatic nitrogens is 3. The molecular weight excluding hydrogens is 514 g/mol. The van der Waals surface area contributed by atoms with Crippen molar-refractivity contribution in [1.82, 2.24) is 20.3 Å². The van der Waals surface area contributed by atoms with Crippen LogP contribution in [-0.4, -0.2) is 58.3 Å². The summed E-state index contributed by atoms with van der Waals surface area (Å²) in [5.41, 5.74) is 4.12. The van der Waals surface area contributed by atoms with Crippen LogP contribution in [0.25, 0.3) is 22.9 Å². The molecule has 0 saturated heterocycles. The zero-order chi connectivity index (χ0) is 29.0. The Kier molecular flexibility index (Phi) is 8.22. The highest BCUT2D eigenvalue weighted by Gasteiger charge is 2.28. The lowest BCUT2D eigenvalue weighted by Gasteiger charge is -2.20. The smallest absolute Gasteiger partial charge is 0.407 e. The first-order valence-electron chi connectivity index (χ1n) is 12.9. The summed E-state index contributed by atoms with van der Waals surface area (Å²) in [7, 11) is 0. The highest BCUT2D eigenvalue weighted by atomic mass is 16.6. The number of H-pyrrole nitrogens is 1. The van der Waals surface area contributed by atoms with Crippen molar-refractivity contribution in [3.63, 3.8) is 0 Å². The Balaban J connectivity index is 1.61.